The van der Waals surface area contributed by atoms with Crippen molar-refractivity contribution in [2.24, 2.45) is 0 Å². The van der Waals surface area contributed by atoms with Crippen molar-refractivity contribution >= 4 is 12.2 Å². The van der Waals surface area contributed by atoms with Crippen molar-refractivity contribution in [2.45, 2.75) is 26.7 Å². The first kappa shape index (κ1) is 14.2. The summed E-state index contributed by atoms with van der Waals surface area (Å²) in [5, 5.41) is 13.9. The molecule has 0 aliphatic rings. The van der Waals surface area contributed by atoms with Crippen LogP contribution in [0.4, 0.5) is 4.79 Å². The summed E-state index contributed by atoms with van der Waals surface area (Å²) >= 11 is 0. The number of carboxylic acid groups (broad SMARTS) is 2. The van der Waals surface area contributed by atoms with E-state index in [1.165, 1.54) is 16.7 Å². The van der Waals surface area contributed by atoms with Crippen LogP contribution in [-0.4, -0.2) is 16.4 Å². The van der Waals surface area contributed by atoms with E-state index >= 15 is 0 Å². The summed E-state index contributed by atoms with van der Waals surface area (Å²) in [5.41, 5.74) is 4.14. The van der Waals surface area contributed by atoms with Crippen LogP contribution in [0.25, 0.3) is 6.08 Å². The normalized spacial score (nSPS) is 8.88. The van der Waals surface area contributed by atoms with E-state index in [0.29, 0.717) is 0 Å². The molecule has 3 heteroatoms. The Balaban J connectivity index is 0.000000487. The largest absolute Gasteiger partial charge is 0.503 e. The average molecular weight is 222 g/mol. The molecule has 1 aromatic carbocycles. The van der Waals surface area contributed by atoms with Crippen LogP contribution in [0.15, 0.2) is 24.8 Å². The number of carbonyl (C=O) groups is 1. The van der Waals surface area contributed by atoms with Gasteiger partial charge >= 0.3 is 6.16 Å². The van der Waals surface area contributed by atoms with Crippen molar-refractivity contribution in [1.82, 2.24) is 0 Å². The van der Waals surface area contributed by atoms with Crippen LogP contribution in [-0.2, 0) is 12.8 Å². The molecule has 0 saturated carbocycles. The Morgan fingerprint density at radius 1 is 1.25 bits per heavy atom. The summed E-state index contributed by atoms with van der Waals surface area (Å²) in [4.78, 5) is 8.56. The quantitative estimate of drug-likeness (QED) is 0.820. The van der Waals surface area contributed by atoms with Crippen molar-refractivity contribution in [1.29, 1.82) is 0 Å². The van der Waals surface area contributed by atoms with E-state index < -0.39 is 6.16 Å². The van der Waals surface area contributed by atoms with Gasteiger partial charge in [-0.05, 0) is 29.5 Å². The molecule has 0 radical (unpaired) electrons. The molecule has 88 valence electrons. The van der Waals surface area contributed by atoms with Crippen molar-refractivity contribution in [2.75, 3.05) is 0 Å². The Morgan fingerprint density at radius 2 is 1.75 bits per heavy atom. The Labute approximate surface area is 96.1 Å². The van der Waals surface area contributed by atoms with Gasteiger partial charge in [0.25, 0.3) is 0 Å². The highest BCUT2D eigenvalue weighted by Gasteiger charge is 1.97. The number of rotatable bonds is 3. The molecule has 0 unspecified atom stereocenters. The lowest BCUT2D eigenvalue weighted by atomic mass is 10.0. The van der Waals surface area contributed by atoms with Crippen LogP contribution >= 0.6 is 0 Å². The predicted molar refractivity (Wildman–Crippen MR) is 65.9 cm³/mol. The van der Waals surface area contributed by atoms with Crippen LogP contribution < -0.4 is 0 Å². The Kier molecular flexibility index (Phi) is 6.68. The number of aryl methyl sites for hydroxylation is 2. The third kappa shape index (κ3) is 5.20. The van der Waals surface area contributed by atoms with E-state index in [2.05, 4.69) is 38.6 Å². The van der Waals surface area contributed by atoms with Crippen molar-refractivity contribution in [3.05, 3.63) is 41.5 Å². The number of benzene rings is 1. The Morgan fingerprint density at radius 3 is 2.12 bits per heavy atom. The van der Waals surface area contributed by atoms with E-state index in [1.807, 2.05) is 6.08 Å². The molecule has 0 fully saturated rings. The van der Waals surface area contributed by atoms with Gasteiger partial charge in [0.1, 0.15) is 0 Å². The Hall–Kier alpha value is -1.77. The van der Waals surface area contributed by atoms with Crippen LogP contribution in [0, 0.1) is 0 Å². The van der Waals surface area contributed by atoms with Gasteiger partial charge in [-0.2, -0.15) is 0 Å². The zero-order valence-electron chi connectivity index (χ0n) is 9.73. The number of hydrogen-bond acceptors (Lipinski definition) is 1. The van der Waals surface area contributed by atoms with Crippen molar-refractivity contribution < 1.29 is 15.0 Å². The second-order valence-corrected chi connectivity index (χ2v) is 3.22. The molecule has 0 atom stereocenters. The van der Waals surface area contributed by atoms with Gasteiger partial charge in [0.05, 0.1) is 0 Å². The van der Waals surface area contributed by atoms with Gasteiger partial charge in [-0.25, -0.2) is 4.79 Å². The maximum Gasteiger partial charge on any atom is 0.503 e. The van der Waals surface area contributed by atoms with E-state index in [9.17, 15) is 0 Å². The molecule has 3 nitrogen and oxygen atoms in total. The lowest BCUT2D eigenvalue weighted by molar-refractivity contribution is 0.137. The third-order valence-corrected chi connectivity index (χ3v) is 2.23. The smallest absolute Gasteiger partial charge is 0.450 e. The van der Waals surface area contributed by atoms with Gasteiger partial charge < -0.3 is 10.2 Å². The fourth-order valence-corrected chi connectivity index (χ4v) is 1.45. The molecule has 0 saturated heterocycles. The van der Waals surface area contributed by atoms with Gasteiger partial charge in [0, 0.05) is 0 Å². The molecule has 0 amide bonds. The molecule has 0 heterocycles. The highest BCUT2D eigenvalue weighted by molar-refractivity contribution is 5.53. The van der Waals surface area contributed by atoms with Gasteiger partial charge in [0.15, 0.2) is 0 Å². The van der Waals surface area contributed by atoms with Gasteiger partial charge in [-0.15, -0.1) is 0 Å². The highest BCUT2D eigenvalue weighted by Crippen LogP contribution is 2.14. The minimum atomic E-state index is -1.83. The van der Waals surface area contributed by atoms with E-state index in [-0.39, 0.29) is 0 Å². The zero-order valence-corrected chi connectivity index (χ0v) is 9.73. The third-order valence-electron chi connectivity index (χ3n) is 2.23. The summed E-state index contributed by atoms with van der Waals surface area (Å²) in [7, 11) is 0. The minimum Gasteiger partial charge on any atom is -0.450 e. The molecular formula is C13H18O3. The molecule has 2 N–H and O–H groups in total. The molecule has 0 bridgehead atoms. The fourth-order valence-electron chi connectivity index (χ4n) is 1.45. The lowest BCUT2D eigenvalue weighted by Gasteiger charge is -2.05. The molecule has 16 heavy (non-hydrogen) atoms. The van der Waals surface area contributed by atoms with Gasteiger partial charge in [-0.1, -0.05) is 44.7 Å². The first-order chi connectivity index (χ1) is 7.54. The van der Waals surface area contributed by atoms with E-state index in [0.717, 1.165) is 12.8 Å². The lowest BCUT2D eigenvalue weighted by Crippen LogP contribution is -1.90. The highest BCUT2D eigenvalue weighted by atomic mass is 16.6. The summed E-state index contributed by atoms with van der Waals surface area (Å²) in [5.74, 6) is 0. The molecular weight excluding hydrogens is 204 g/mol. The van der Waals surface area contributed by atoms with Crippen molar-refractivity contribution in [3.8, 4) is 0 Å². The summed E-state index contributed by atoms with van der Waals surface area (Å²) < 4.78 is 0. The van der Waals surface area contributed by atoms with Gasteiger partial charge in [-0.3, -0.25) is 0 Å². The van der Waals surface area contributed by atoms with Crippen LogP contribution in [0.2, 0.25) is 0 Å². The molecule has 1 aromatic rings. The molecule has 1 rings (SSSR count). The predicted octanol–water partition coefficient (Wildman–Crippen LogP) is 3.68. The maximum atomic E-state index is 8.56. The molecule has 0 aliphatic carbocycles. The van der Waals surface area contributed by atoms with Crippen LogP contribution in [0.3, 0.4) is 0 Å². The first-order valence-electron chi connectivity index (χ1n) is 5.21. The summed E-state index contributed by atoms with van der Waals surface area (Å²) in [6, 6.07) is 6.56. The monoisotopic (exact) mass is 222 g/mol. The van der Waals surface area contributed by atoms with Gasteiger partial charge in [0.2, 0.25) is 0 Å². The van der Waals surface area contributed by atoms with Crippen molar-refractivity contribution in [3.63, 3.8) is 0 Å². The second kappa shape index (κ2) is 7.51. The molecule has 0 aromatic heterocycles. The Bertz CT molecular complexity index is 352. The maximum absolute atomic E-state index is 8.56. The number of hydrogen-bond donors (Lipinski definition) is 2. The standard InChI is InChI=1S/C12H16.CH2O3/c1-4-10-7-8-11(5-2)12(6-3)9-10;2-1(3)4/h4,7-9H,1,5-6H2,2-3H3;(H2,2,3,4). The van der Waals surface area contributed by atoms with E-state index in [1.54, 1.807) is 0 Å². The second-order valence-electron chi connectivity index (χ2n) is 3.22. The van der Waals surface area contributed by atoms with Crippen LogP contribution in [0.5, 0.6) is 0 Å². The SMILES string of the molecule is C=Cc1ccc(CC)c(CC)c1.O=C(O)O. The summed E-state index contributed by atoms with van der Waals surface area (Å²) in [6.45, 7) is 8.15. The zero-order chi connectivity index (χ0) is 12.6. The molecule has 0 aliphatic heterocycles. The van der Waals surface area contributed by atoms with E-state index in [4.69, 9.17) is 15.0 Å². The molecule has 0 spiro atoms. The average Bonchev–Trinajstić information content (AvgIpc) is 2.27. The first-order valence-corrected chi connectivity index (χ1v) is 5.21. The topological polar surface area (TPSA) is 57.5 Å². The summed E-state index contributed by atoms with van der Waals surface area (Å²) in [6.07, 6.45) is 2.31. The fraction of sp³-hybridized carbons (Fsp3) is 0.308. The minimum absolute atomic E-state index is 1.12. The van der Waals surface area contributed by atoms with Crippen LogP contribution in [0.1, 0.15) is 30.5 Å².